The first-order valence-corrected chi connectivity index (χ1v) is 9.42. The second-order valence-corrected chi connectivity index (χ2v) is 8.02. The highest BCUT2D eigenvalue weighted by Gasteiger charge is 2.36. The normalized spacial score (nSPS) is 14.9. The maximum absolute atomic E-state index is 13.1. The zero-order valence-corrected chi connectivity index (χ0v) is 15.1. The van der Waals surface area contributed by atoms with E-state index in [0.29, 0.717) is 16.3 Å². The number of hydrogen-bond acceptors (Lipinski definition) is 4. The van der Waals surface area contributed by atoms with Crippen molar-refractivity contribution in [2.24, 2.45) is 0 Å². The molecule has 1 aromatic heterocycles. The summed E-state index contributed by atoms with van der Waals surface area (Å²) in [5.74, 6) is 0.748. The average Bonchev–Trinajstić information content (AvgIpc) is 2.81. The Hall–Kier alpha value is -2.60. The molecule has 2 heterocycles. The Labute approximate surface area is 146 Å². The lowest BCUT2D eigenvalue weighted by atomic mass is 10.1. The van der Waals surface area contributed by atoms with Gasteiger partial charge >= 0.3 is 0 Å². The number of methoxy groups -OCH3 is 1. The van der Waals surface area contributed by atoms with Gasteiger partial charge in [0.05, 0.1) is 29.9 Å². The van der Waals surface area contributed by atoms with Gasteiger partial charge in [0, 0.05) is 22.7 Å². The summed E-state index contributed by atoms with van der Waals surface area (Å²) in [5, 5.41) is 1.70. The molecule has 0 saturated carbocycles. The van der Waals surface area contributed by atoms with Crippen molar-refractivity contribution in [3.05, 3.63) is 59.4 Å². The van der Waals surface area contributed by atoms with E-state index in [2.05, 4.69) is 4.98 Å². The molecule has 1 aliphatic heterocycles. The minimum Gasteiger partial charge on any atom is -0.496 e. The van der Waals surface area contributed by atoms with Crippen molar-refractivity contribution in [3.8, 4) is 5.75 Å². The lowest BCUT2D eigenvalue weighted by molar-refractivity contribution is 0.407. The van der Waals surface area contributed by atoms with Crippen LogP contribution in [0, 0.1) is 13.8 Å². The SMILES string of the molecule is COc1c(C)cnc(CN2c3cccc4cccc(c34)S2(=O)=O)c1C. The van der Waals surface area contributed by atoms with Gasteiger partial charge in [0.15, 0.2) is 0 Å². The quantitative estimate of drug-likeness (QED) is 0.721. The van der Waals surface area contributed by atoms with Gasteiger partial charge < -0.3 is 4.74 Å². The molecule has 1 aliphatic rings. The fourth-order valence-electron chi connectivity index (χ4n) is 3.50. The summed E-state index contributed by atoms with van der Waals surface area (Å²) >= 11 is 0. The lowest BCUT2D eigenvalue weighted by Gasteiger charge is -2.20. The number of anilines is 1. The number of hydrogen-bond donors (Lipinski definition) is 0. The van der Waals surface area contributed by atoms with Gasteiger partial charge in [-0.05, 0) is 31.4 Å². The van der Waals surface area contributed by atoms with E-state index in [0.717, 1.165) is 27.6 Å². The topological polar surface area (TPSA) is 59.5 Å². The summed E-state index contributed by atoms with van der Waals surface area (Å²) in [5.41, 5.74) is 3.18. The number of nitrogens with zero attached hydrogens (tertiary/aromatic N) is 2. The molecule has 0 fully saturated rings. The fourth-order valence-corrected chi connectivity index (χ4v) is 5.17. The van der Waals surface area contributed by atoms with Crippen molar-refractivity contribution < 1.29 is 13.2 Å². The highest BCUT2D eigenvalue weighted by molar-refractivity contribution is 7.93. The van der Waals surface area contributed by atoms with Crippen LogP contribution in [0.1, 0.15) is 16.8 Å². The summed E-state index contributed by atoms with van der Waals surface area (Å²) < 4.78 is 33.0. The number of benzene rings is 2. The molecule has 0 spiro atoms. The second kappa shape index (κ2) is 5.46. The first-order valence-electron chi connectivity index (χ1n) is 7.98. The molecule has 4 rings (SSSR count). The zero-order chi connectivity index (χ0) is 17.8. The molecule has 5 nitrogen and oxygen atoms in total. The van der Waals surface area contributed by atoms with E-state index < -0.39 is 10.0 Å². The molecule has 25 heavy (non-hydrogen) atoms. The minimum atomic E-state index is -3.59. The Balaban J connectivity index is 1.88. The first-order chi connectivity index (χ1) is 11.9. The van der Waals surface area contributed by atoms with Crippen molar-refractivity contribution in [2.45, 2.75) is 25.3 Å². The van der Waals surface area contributed by atoms with Crippen LogP contribution in [0.4, 0.5) is 5.69 Å². The van der Waals surface area contributed by atoms with Crippen molar-refractivity contribution >= 4 is 26.5 Å². The van der Waals surface area contributed by atoms with Gasteiger partial charge in [0.2, 0.25) is 0 Å². The smallest absolute Gasteiger partial charge is 0.265 e. The van der Waals surface area contributed by atoms with Crippen LogP contribution in [0.5, 0.6) is 5.75 Å². The Morgan fingerprint density at radius 1 is 1.12 bits per heavy atom. The van der Waals surface area contributed by atoms with E-state index in [-0.39, 0.29) is 6.54 Å². The molecule has 0 radical (unpaired) electrons. The summed E-state index contributed by atoms with van der Waals surface area (Å²) in [7, 11) is -1.98. The van der Waals surface area contributed by atoms with Crippen molar-refractivity contribution in [2.75, 3.05) is 11.4 Å². The highest BCUT2D eigenvalue weighted by Crippen LogP contribution is 2.43. The molecule has 0 unspecified atom stereocenters. The molecule has 6 heteroatoms. The Morgan fingerprint density at radius 2 is 1.84 bits per heavy atom. The maximum Gasteiger partial charge on any atom is 0.265 e. The maximum atomic E-state index is 13.1. The molecule has 0 aliphatic carbocycles. The third kappa shape index (κ3) is 2.21. The van der Waals surface area contributed by atoms with Gasteiger partial charge in [-0.2, -0.15) is 0 Å². The second-order valence-electron chi connectivity index (χ2n) is 6.19. The molecule has 3 aromatic rings. The van der Waals surface area contributed by atoms with Crippen LogP contribution < -0.4 is 9.04 Å². The van der Waals surface area contributed by atoms with E-state index in [1.165, 1.54) is 4.31 Å². The molecule has 128 valence electrons. The largest absolute Gasteiger partial charge is 0.496 e. The van der Waals surface area contributed by atoms with E-state index in [4.69, 9.17) is 4.74 Å². The Kier molecular flexibility index (Phi) is 3.47. The van der Waals surface area contributed by atoms with Crippen LogP contribution >= 0.6 is 0 Å². The van der Waals surface area contributed by atoms with Crippen LogP contribution in [0.2, 0.25) is 0 Å². The standard InChI is InChI=1S/C19H18N2O3S/c1-12-10-20-15(13(2)19(12)24-3)11-21-16-8-4-6-14-7-5-9-17(18(14)16)25(21,22)23/h4-10H,11H2,1-3H3. The van der Waals surface area contributed by atoms with Gasteiger partial charge in [-0.15, -0.1) is 0 Å². The average molecular weight is 354 g/mol. The Morgan fingerprint density at radius 3 is 2.56 bits per heavy atom. The summed E-state index contributed by atoms with van der Waals surface area (Å²) in [6, 6.07) is 11.0. The number of pyridine rings is 1. The van der Waals surface area contributed by atoms with Crippen LogP contribution in [-0.4, -0.2) is 20.5 Å². The number of aromatic nitrogens is 1. The van der Waals surface area contributed by atoms with Crippen LogP contribution in [0.15, 0.2) is 47.5 Å². The molecule has 0 atom stereocenters. The van der Waals surface area contributed by atoms with Gasteiger partial charge in [0.1, 0.15) is 5.75 Å². The van der Waals surface area contributed by atoms with Crippen LogP contribution in [-0.2, 0) is 16.6 Å². The third-order valence-corrected chi connectivity index (χ3v) is 6.53. The highest BCUT2D eigenvalue weighted by atomic mass is 32.2. The molecule has 0 N–H and O–H groups in total. The predicted octanol–water partition coefficient (Wildman–Crippen LogP) is 3.57. The molecule has 2 aromatic carbocycles. The van der Waals surface area contributed by atoms with E-state index in [1.807, 2.05) is 38.1 Å². The van der Waals surface area contributed by atoms with Gasteiger partial charge in [-0.3, -0.25) is 9.29 Å². The summed E-state index contributed by atoms with van der Waals surface area (Å²) in [4.78, 5) is 4.81. The molecule has 0 bridgehead atoms. The van der Waals surface area contributed by atoms with Gasteiger partial charge in [-0.1, -0.05) is 24.3 Å². The Bertz CT molecular complexity index is 1100. The summed E-state index contributed by atoms with van der Waals surface area (Å²) in [6.45, 7) is 4.01. The van der Waals surface area contributed by atoms with Crippen LogP contribution in [0.3, 0.4) is 0 Å². The van der Waals surface area contributed by atoms with Crippen molar-refractivity contribution in [3.63, 3.8) is 0 Å². The molecular weight excluding hydrogens is 336 g/mol. The zero-order valence-electron chi connectivity index (χ0n) is 14.3. The minimum absolute atomic E-state index is 0.179. The van der Waals surface area contributed by atoms with E-state index >= 15 is 0 Å². The first kappa shape index (κ1) is 15.9. The molecule has 0 amide bonds. The van der Waals surface area contributed by atoms with Gasteiger partial charge in [-0.25, -0.2) is 8.42 Å². The fraction of sp³-hybridized carbons (Fsp3) is 0.211. The van der Waals surface area contributed by atoms with E-state index in [9.17, 15) is 8.42 Å². The number of sulfonamides is 1. The number of ether oxygens (including phenoxy) is 1. The third-order valence-electron chi connectivity index (χ3n) is 4.72. The number of rotatable bonds is 3. The van der Waals surface area contributed by atoms with Crippen LogP contribution in [0.25, 0.3) is 10.8 Å². The van der Waals surface area contributed by atoms with Crippen molar-refractivity contribution in [1.82, 2.24) is 4.98 Å². The lowest BCUT2D eigenvalue weighted by Crippen LogP contribution is -2.27. The van der Waals surface area contributed by atoms with Crippen molar-refractivity contribution in [1.29, 1.82) is 0 Å². The number of aryl methyl sites for hydroxylation is 1. The molecule has 0 saturated heterocycles. The summed E-state index contributed by atoms with van der Waals surface area (Å²) in [6.07, 6.45) is 1.72. The van der Waals surface area contributed by atoms with E-state index in [1.54, 1.807) is 25.4 Å². The van der Waals surface area contributed by atoms with Gasteiger partial charge in [0.25, 0.3) is 10.0 Å². The predicted molar refractivity (Wildman–Crippen MR) is 97.6 cm³/mol. The molecular formula is C19H18N2O3S. The monoisotopic (exact) mass is 354 g/mol.